The fourth-order valence-electron chi connectivity index (χ4n) is 6.75. The van der Waals surface area contributed by atoms with Gasteiger partial charge in [-0.05, 0) is 60.8 Å². The monoisotopic (exact) mass is 578 g/mol. The largest absolute Gasteiger partial charge is 0.481 e. The molecule has 3 rings (SSSR count). The number of carboxylic acid groups (broad SMARTS) is 2. The Balaban J connectivity index is 1.90. The molecule has 6 atom stereocenters. The van der Waals surface area contributed by atoms with E-state index in [1.54, 1.807) is 0 Å². The van der Waals surface area contributed by atoms with E-state index in [0.29, 0.717) is 18.4 Å². The van der Waals surface area contributed by atoms with Crippen LogP contribution in [0.25, 0.3) is 0 Å². The molecule has 1 fully saturated rings. The minimum absolute atomic E-state index is 0.0168. The van der Waals surface area contributed by atoms with E-state index in [1.165, 1.54) is 12.2 Å². The van der Waals surface area contributed by atoms with E-state index < -0.39 is 67.1 Å². The standard InChI is InChI=1S/C30H42O11/c1-15(2)20-6-5-17-13-40-29(38)24(17)22(20)10-19(12-32)28(37)41-14-30(39)8-7-21(16(3)4)23(25(30)27(35)36)9-18(11-31)26(33)34/h9-10,15-16,20-23,25,31-32,39H,5-8,11-14H2,1-4H3,(H,33,34)(H,35,36). The molecule has 0 aromatic carbocycles. The topological polar surface area (TPSA) is 188 Å². The molecule has 2 aliphatic carbocycles. The maximum absolute atomic E-state index is 13.2. The Morgan fingerprint density at radius 1 is 1.00 bits per heavy atom. The maximum Gasteiger partial charge on any atom is 0.336 e. The van der Waals surface area contributed by atoms with Crippen molar-refractivity contribution in [1.29, 1.82) is 0 Å². The molecule has 11 heteroatoms. The van der Waals surface area contributed by atoms with Crippen molar-refractivity contribution in [2.75, 3.05) is 26.4 Å². The number of aliphatic hydroxyl groups is 3. The van der Waals surface area contributed by atoms with Crippen LogP contribution in [-0.4, -0.2) is 81.4 Å². The normalized spacial score (nSPS) is 30.9. The lowest BCUT2D eigenvalue weighted by molar-refractivity contribution is -0.179. The summed E-state index contributed by atoms with van der Waals surface area (Å²) in [5.41, 5.74) is -1.17. The molecule has 0 saturated heterocycles. The van der Waals surface area contributed by atoms with Crippen molar-refractivity contribution in [3.05, 3.63) is 34.4 Å². The lowest BCUT2D eigenvalue weighted by Crippen LogP contribution is -2.55. The van der Waals surface area contributed by atoms with Gasteiger partial charge in [-0.15, -0.1) is 0 Å². The Morgan fingerprint density at radius 3 is 2.17 bits per heavy atom. The molecule has 41 heavy (non-hydrogen) atoms. The molecule has 5 N–H and O–H groups in total. The lowest BCUT2D eigenvalue weighted by Gasteiger charge is -2.46. The summed E-state index contributed by atoms with van der Waals surface area (Å²) in [6.07, 6.45) is 4.51. The number of allylic oxidation sites excluding steroid dienone is 2. The summed E-state index contributed by atoms with van der Waals surface area (Å²) in [7, 11) is 0. The van der Waals surface area contributed by atoms with Gasteiger partial charge in [-0.3, -0.25) is 4.79 Å². The van der Waals surface area contributed by atoms with Crippen LogP contribution >= 0.6 is 0 Å². The number of aliphatic carboxylic acids is 2. The molecule has 1 aliphatic heterocycles. The van der Waals surface area contributed by atoms with Gasteiger partial charge >= 0.3 is 23.9 Å². The number of carbonyl (C=O) groups excluding carboxylic acids is 2. The third-order valence-electron chi connectivity index (χ3n) is 9.00. The minimum Gasteiger partial charge on any atom is -0.481 e. The first kappa shape index (κ1) is 32.5. The highest BCUT2D eigenvalue weighted by Crippen LogP contribution is 2.46. The van der Waals surface area contributed by atoms with E-state index in [2.05, 4.69) is 0 Å². The molecule has 1 saturated carbocycles. The fraction of sp³-hybridized carbons (Fsp3) is 0.667. The average molecular weight is 579 g/mol. The average Bonchev–Trinajstić information content (AvgIpc) is 3.28. The van der Waals surface area contributed by atoms with Gasteiger partial charge in [0.15, 0.2) is 0 Å². The second kappa shape index (κ2) is 13.3. The minimum atomic E-state index is -2.04. The maximum atomic E-state index is 13.2. The second-order valence-corrected chi connectivity index (χ2v) is 12.1. The summed E-state index contributed by atoms with van der Waals surface area (Å²) < 4.78 is 10.6. The van der Waals surface area contributed by atoms with Gasteiger partial charge < -0.3 is 35.0 Å². The molecule has 3 aliphatic rings. The van der Waals surface area contributed by atoms with Gasteiger partial charge in [0.25, 0.3) is 0 Å². The van der Waals surface area contributed by atoms with Gasteiger partial charge in [-0.25, -0.2) is 14.4 Å². The fourth-order valence-corrected chi connectivity index (χ4v) is 6.75. The van der Waals surface area contributed by atoms with Crippen LogP contribution in [-0.2, 0) is 28.7 Å². The van der Waals surface area contributed by atoms with E-state index in [1.807, 2.05) is 27.7 Å². The first-order valence-corrected chi connectivity index (χ1v) is 14.1. The van der Waals surface area contributed by atoms with E-state index >= 15 is 0 Å². The summed E-state index contributed by atoms with van der Waals surface area (Å²) in [5, 5.41) is 50.8. The van der Waals surface area contributed by atoms with Crippen LogP contribution in [0.2, 0.25) is 0 Å². The molecule has 1 heterocycles. The quantitative estimate of drug-likeness (QED) is 0.178. The molecule has 0 aromatic rings. The van der Waals surface area contributed by atoms with E-state index in [9.17, 15) is 44.7 Å². The van der Waals surface area contributed by atoms with Crippen molar-refractivity contribution in [3.63, 3.8) is 0 Å². The number of carboxylic acids is 2. The summed E-state index contributed by atoms with van der Waals surface area (Å²) in [4.78, 5) is 49.7. The zero-order valence-corrected chi connectivity index (χ0v) is 24.0. The zero-order chi connectivity index (χ0) is 30.6. The van der Waals surface area contributed by atoms with Crippen LogP contribution < -0.4 is 0 Å². The number of carbonyl (C=O) groups is 4. The molecule has 0 radical (unpaired) electrons. The van der Waals surface area contributed by atoms with Crippen molar-refractivity contribution in [2.24, 2.45) is 41.4 Å². The first-order valence-electron chi connectivity index (χ1n) is 14.1. The molecule has 0 amide bonds. The highest BCUT2D eigenvalue weighted by atomic mass is 16.5. The SMILES string of the molecule is CC(C)C1CCC2=C(C(=O)OC2)C1C=C(CO)C(=O)OCC1(O)CCC(C(C)C)C(C=C(CO)C(=O)O)C1C(=O)O. The Morgan fingerprint density at radius 2 is 1.63 bits per heavy atom. The van der Waals surface area contributed by atoms with Crippen LogP contribution in [0.15, 0.2) is 34.4 Å². The summed E-state index contributed by atoms with van der Waals surface area (Å²) in [6, 6.07) is 0. The molecule has 0 bridgehead atoms. The molecule has 6 unspecified atom stereocenters. The van der Waals surface area contributed by atoms with E-state index in [4.69, 9.17) is 9.47 Å². The molecule has 11 nitrogen and oxygen atoms in total. The van der Waals surface area contributed by atoms with Crippen molar-refractivity contribution in [1.82, 2.24) is 0 Å². The van der Waals surface area contributed by atoms with Crippen LogP contribution in [0.4, 0.5) is 0 Å². The Hall–Kier alpha value is -3.02. The van der Waals surface area contributed by atoms with Gasteiger partial charge in [0.05, 0.1) is 30.3 Å². The van der Waals surface area contributed by atoms with Crippen molar-refractivity contribution in [2.45, 2.75) is 59.0 Å². The summed E-state index contributed by atoms with van der Waals surface area (Å²) in [5.74, 6) is -7.32. The zero-order valence-electron chi connectivity index (χ0n) is 24.0. The van der Waals surface area contributed by atoms with Gasteiger partial charge in [-0.2, -0.15) is 0 Å². The molecule has 228 valence electrons. The Labute approximate surface area is 239 Å². The molecular weight excluding hydrogens is 536 g/mol. The third-order valence-corrected chi connectivity index (χ3v) is 9.00. The van der Waals surface area contributed by atoms with E-state index in [-0.39, 0.29) is 47.8 Å². The van der Waals surface area contributed by atoms with Gasteiger partial charge in [-0.1, -0.05) is 39.8 Å². The number of hydrogen-bond donors (Lipinski definition) is 5. The van der Waals surface area contributed by atoms with Crippen molar-refractivity contribution >= 4 is 23.9 Å². The van der Waals surface area contributed by atoms with Crippen molar-refractivity contribution < 1.29 is 54.2 Å². The highest BCUT2D eigenvalue weighted by Gasteiger charge is 2.53. The predicted molar refractivity (Wildman–Crippen MR) is 145 cm³/mol. The Bertz CT molecular complexity index is 1130. The van der Waals surface area contributed by atoms with E-state index in [0.717, 1.165) is 12.0 Å². The second-order valence-electron chi connectivity index (χ2n) is 12.1. The predicted octanol–water partition coefficient (Wildman–Crippen LogP) is 2.10. The van der Waals surface area contributed by atoms with Crippen LogP contribution in [0, 0.1) is 41.4 Å². The van der Waals surface area contributed by atoms with Gasteiger partial charge in [0.2, 0.25) is 0 Å². The molecular formula is C30H42O11. The van der Waals surface area contributed by atoms with Crippen LogP contribution in [0.1, 0.15) is 53.4 Å². The molecule has 0 spiro atoms. The Kier molecular flexibility index (Phi) is 10.5. The number of cyclic esters (lactones) is 1. The van der Waals surface area contributed by atoms with Crippen molar-refractivity contribution in [3.8, 4) is 0 Å². The number of ether oxygens (including phenoxy) is 2. The third kappa shape index (κ3) is 6.90. The molecule has 0 aromatic heterocycles. The number of hydrogen-bond acceptors (Lipinski definition) is 9. The number of esters is 2. The van der Waals surface area contributed by atoms with Crippen LogP contribution in [0.3, 0.4) is 0 Å². The van der Waals surface area contributed by atoms with Gasteiger partial charge in [0.1, 0.15) is 18.8 Å². The highest BCUT2D eigenvalue weighted by molar-refractivity contribution is 5.94. The smallest absolute Gasteiger partial charge is 0.336 e. The first-order chi connectivity index (χ1) is 19.2. The van der Waals surface area contributed by atoms with Crippen LogP contribution in [0.5, 0.6) is 0 Å². The number of aliphatic hydroxyl groups excluding tert-OH is 2. The van der Waals surface area contributed by atoms with Gasteiger partial charge in [0, 0.05) is 11.5 Å². The summed E-state index contributed by atoms with van der Waals surface area (Å²) >= 11 is 0. The summed E-state index contributed by atoms with van der Waals surface area (Å²) in [6.45, 7) is 5.75. The number of rotatable bonds is 11. The lowest BCUT2D eigenvalue weighted by atomic mass is 9.61.